The number of nitrogens with one attached hydrogen (secondary N) is 1. The highest BCUT2D eigenvalue weighted by atomic mass is 32.2. The average molecular weight is 254 g/mol. The van der Waals surface area contributed by atoms with Gasteiger partial charge in [0.05, 0.1) is 0 Å². The summed E-state index contributed by atoms with van der Waals surface area (Å²) in [7, 11) is 3.97. The van der Waals surface area contributed by atoms with Gasteiger partial charge < -0.3 is 10.2 Å². The summed E-state index contributed by atoms with van der Waals surface area (Å²) >= 11 is 1.57. The van der Waals surface area contributed by atoms with Crippen molar-refractivity contribution in [3.05, 3.63) is 6.07 Å². The molecule has 1 N–H and O–H groups in total. The Hall–Kier alpha value is -0.970. The summed E-state index contributed by atoms with van der Waals surface area (Å²) in [6.07, 6.45) is 5.72. The smallest absolute Gasteiger partial charge is 0.191 e. The van der Waals surface area contributed by atoms with E-state index in [0.717, 1.165) is 23.3 Å². The fourth-order valence-corrected chi connectivity index (χ4v) is 1.92. The average Bonchev–Trinajstić information content (AvgIpc) is 2.38. The standard InChI is InChI=1S/C12H22N4S/c1-5-6-7-8-16(3)11-9-10(13-2)14-12(15-11)17-4/h9H,5-8H2,1-4H3,(H,13,14,15). The van der Waals surface area contributed by atoms with Crippen LogP contribution in [-0.4, -0.2) is 36.9 Å². The number of thioether (sulfide) groups is 1. The van der Waals surface area contributed by atoms with Gasteiger partial charge in [0.2, 0.25) is 0 Å². The van der Waals surface area contributed by atoms with E-state index in [2.05, 4.69) is 34.2 Å². The lowest BCUT2D eigenvalue weighted by molar-refractivity contribution is 0.698. The Balaban J connectivity index is 2.73. The van der Waals surface area contributed by atoms with Gasteiger partial charge in [-0.05, 0) is 12.7 Å². The molecule has 17 heavy (non-hydrogen) atoms. The molecule has 1 heterocycles. The Morgan fingerprint density at radius 3 is 2.71 bits per heavy atom. The largest absolute Gasteiger partial charge is 0.373 e. The molecule has 0 amide bonds. The number of rotatable bonds is 7. The Morgan fingerprint density at radius 1 is 1.35 bits per heavy atom. The maximum Gasteiger partial charge on any atom is 0.191 e. The summed E-state index contributed by atoms with van der Waals surface area (Å²) in [5.41, 5.74) is 0. The molecule has 96 valence electrons. The van der Waals surface area contributed by atoms with Crippen LogP contribution in [0.5, 0.6) is 0 Å². The number of unbranched alkanes of at least 4 members (excludes halogenated alkanes) is 2. The van der Waals surface area contributed by atoms with Crippen LogP contribution in [0.2, 0.25) is 0 Å². The quantitative estimate of drug-likeness (QED) is 0.460. The lowest BCUT2D eigenvalue weighted by Crippen LogP contribution is -2.20. The van der Waals surface area contributed by atoms with Crippen molar-refractivity contribution in [1.82, 2.24) is 9.97 Å². The summed E-state index contributed by atoms with van der Waals surface area (Å²) in [4.78, 5) is 11.1. The molecule has 0 spiro atoms. The SMILES string of the molecule is CCCCCN(C)c1cc(NC)nc(SC)n1. The summed E-state index contributed by atoms with van der Waals surface area (Å²) < 4.78 is 0. The third kappa shape index (κ3) is 4.42. The maximum absolute atomic E-state index is 4.52. The van der Waals surface area contributed by atoms with Gasteiger partial charge in [0, 0.05) is 26.7 Å². The van der Waals surface area contributed by atoms with Crippen LogP contribution in [0.25, 0.3) is 0 Å². The molecule has 5 heteroatoms. The van der Waals surface area contributed by atoms with Gasteiger partial charge in [0.25, 0.3) is 0 Å². The molecule has 4 nitrogen and oxygen atoms in total. The topological polar surface area (TPSA) is 41.0 Å². The molecule has 0 aliphatic rings. The van der Waals surface area contributed by atoms with Gasteiger partial charge in [-0.3, -0.25) is 0 Å². The molecule has 0 atom stereocenters. The summed E-state index contributed by atoms with van der Waals surface area (Å²) in [5.74, 6) is 1.87. The predicted octanol–water partition coefficient (Wildman–Crippen LogP) is 2.87. The van der Waals surface area contributed by atoms with Crippen LogP contribution in [-0.2, 0) is 0 Å². The van der Waals surface area contributed by atoms with E-state index in [9.17, 15) is 0 Å². The highest BCUT2D eigenvalue weighted by Gasteiger charge is 2.07. The van der Waals surface area contributed by atoms with E-state index in [4.69, 9.17) is 0 Å². The van der Waals surface area contributed by atoms with Gasteiger partial charge in [-0.25, -0.2) is 9.97 Å². The lowest BCUT2D eigenvalue weighted by Gasteiger charge is -2.19. The Kier molecular flexibility index (Phi) is 6.11. The van der Waals surface area contributed by atoms with Gasteiger partial charge in [-0.15, -0.1) is 0 Å². The molecule has 0 bridgehead atoms. The predicted molar refractivity (Wildman–Crippen MR) is 76.2 cm³/mol. The first-order valence-electron chi connectivity index (χ1n) is 6.03. The van der Waals surface area contributed by atoms with Gasteiger partial charge in [-0.2, -0.15) is 0 Å². The van der Waals surface area contributed by atoms with Crippen molar-refractivity contribution in [3.8, 4) is 0 Å². The number of nitrogens with zero attached hydrogens (tertiary/aromatic N) is 3. The Labute approximate surface area is 108 Å². The highest BCUT2D eigenvalue weighted by molar-refractivity contribution is 7.98. The minimum absolute atomic E-state index is 0.814. The molecule has 1 aromatic heterocycles. The van der Waals surface area contributed by atoms with Crippen LogP contribution in [0, 0.1) is 0 Å². The number of anilines is 2. The molecule has 0 fully saturated rings. The normalized spacial score (nSPS) is 10.4. The molecular weight excluding hydrogens is 232 g/mol. The Bertz CT molecular complexity index is 321. The zero-order valence-electron chi connectivity index (χ0n) is 11.2. The number of hydrogen-bond donors (Lipinski definition) is 1. The van der Waals surface area contributed by atoms with E-state index in [1.54, 1.807) is 11.8 Å². The van der Waals surface area contributed by atoms with Crippen molar-refractivity contribution >= 4 is 23.4 Å². The van der Waals surface area contributed by atoms with Crippen LogP contribution in [0.3, 0.4) is 0 Å². The van der Waals surface area contributed by atoms with Gasteiger partial charge in [0.1, 0.15) is 11.6 Å². The van der Waals surface area contributed by atoms with Crippen LogP contribution >= 0.6 is 11.8 Å². The lowest BCUT2D eigenvalue weighted by atomic mass is 10.2. The zero-order chi connectivity index (χ0) is 12.7. The first-order chi connectivity index (χ1) is 8.21. The molecule has 1 rings (SSSR count). The summed E-state index contributed by atoms with van der Waals surface area (Å²) in [6.45, 7) is 3.26. The minimum Gasteiger partial charge on any atom is -0.373 e. The summed E-state index contributed by atoms with van der Waals surface area (Å²) in [6, 6.07) is 1.99. The molecule has 0 saturated heterocycles. The molecular formula is C12H22N4S. The second kappa shape index (κ2) is 7.37. The molecule has 1 aromatic rings. The van der Waals surface area contributed by atoms with E-state index in [1.165, 1.54) is 19.3 Å². The van der Waals surface area contributed by atoms with Crippen LogP contribution in [0.1, 0.15) is 26.2 Å². The van der Waals surface area contributed by atoms with E-state index in [-0.39, 0.29) is 0 Å². The first-order valence-corrected chi connectivity index (χ1v) is 7.25. The van der Waals surface area contributed by atoms with E-state index >= 15 is 0 Å². The van der Waals surface area contributed by atoms with Crippen molar-refractivity contribution in [2.24, 2.45) is 0 Å². The van der Waals surface area contributed by atoms with Crippen molar-refractivity contribution in [2.75, 3.05) is 37.1 Å². The molecule has 0 aliphatic heterocycles. The number of hydrogen-bond acceptors (Lipinski definition) is 5. The van der Waals surface area contributed by atoms with Crippen LogP contribution in [0.15, 0.2) is 11.2 Å². The fraction of sp³-hybridized carbons (Fsp3) is 0.667. The van der Waals surface area contributed by atoms with Crippen molar-refractivity contribution in [3.63, 3.8) is 0 Å². The summed E-state index contributed by atoms with van der Waals surface area (Å²) in [5, 5.41) is 3.89. The van der Waals surface area contributed by atoms with E-state index < -0.39 is 0 Å². The van der Waals surface area contributed by atoms with Crippen molar-refractivity contribution in [2.45, 2.75) is 31.3 Å². The van der Waals surface area contributed by atoms with E-state index in [1.807, 2.05) is 19.4 Å². The van der Waals surface area contributed by atoms with Crippen molar-refractivity contribution in [1.29, 1.82) is 0 Å². The molecule has 0 radical (unpaired) electrons. The highest BCUT2D eigenvalue weighted by Crippen LogP contribution is 2.19. The fourth-order valence-electron chi connectivity index (χ4n) is 1.54. The monoisotopic (exact) mass is 254 g/mol. The minimum atomic E-state index is 0.814. The molecule has 0 saturated carbocycles. The van der Waals surface area contributed by atoms with Gasteiger partial charge >= 0.3 is 0 Å². The number of aromatic nitrogens is 2. The van der Waals surface area contributed by atoms with Gasteiger partial charge in [0.15, 0.2) is 5.16 Å². The first kappa shape index (κ1) is 14.1. The van der Waals surface area contributed by atoms with Gasteiger partial charge in [-0.1, -0.05) is 31.5 Å². The second-order valence-corrected chi connectivity index (χ2v) is 4.75. The van der Waals surface area contributed by atoms with Crippen LogP contribution in [0.4, 0.5) is 11.6 Å². The third-order valence-corrected chi connectivity index (χ3v) is 3.17. The molecule has 0 aliphatic carbocycles. The van der Waals surface area contributed by atoms with Crippen molar-refractivity contribution < 1.29 is 0 Å². The maximum atomic E-state index is 4.52. The Morgan fingerprint density at radius 2 is 2.12 bits per heavy atom. The zero-order valence-corrected chi connectivity index (χ0v) is 12.0. The molecule has 0 aromatic carbocycles. The van der Waals surface area contributed by atoms with Crippen LogP contribution < -0.4 is 10.2 Å². The second-order valence-electron chi connectivity index (χ2n) is 3.98. The third-order valence-electron chi connectivity index (χ3n) is 2.62. The molecule has 0 unspecified atom stereocenters. The van der Waals surface area contributed by atoms with E-state index in [0.29, 0.717) is 0 Å².